The number of carboxylic acids is 1. The van der Waals surface area contributed by atoms with Gasteiger partial charge in [0.2, 0.25) is 6.10 Å². The molecule has 0 bridgehead atoms. The van der Waals surface area contributed by atoms with Crippen molar-refractivity contribution in [3.8, 4) is 5.75 Å². The molecule has 0 aromatic heterocycles. The summed E-state index contributed by atoms with van der Waals surface area (Å²) in [4.78, 5) is 11.4. The number of ether oxygens (including phenoxy) is 1. The summed E-state index contributed by atoms with van der Waals surface area (Å²) < 4.78 is 45.5. The van der Waals surface area contributed by atoms with Gasteiger partial charge < -0.3 is 9.84 Å². The highest BCUT2D eigenvalue weighted by Gasteiger charge is 2.49. The Morgan fingerprint density at radius 2 is 1.53 bits per heavy atom. The minimum absolute atomic E-state index is 0.122. The average molecular weight is 431 g/mol. The van der Waals surface area contributed by atoms with Gasteiger partial charge in [0.25, 0.3) is 0 Å². The first-order chi connectivity index (χ1) is 13.7. The molecule has 1 aromatic rings. The predicted octanol–water partition coefficient (Wildman–Crippen LogP) is 7.52. The van der Waals surface area contributed by atoms with Crippen molar-refractivity contribution in [2.75, 3.05) is 0 Å². The molecule has 0 aliphatic carbocycles. The molecule has 0 saturated heterocycles. The summed E-state index contributed by atoms with van der Waals surface area (Å²) in [5.41, 5.74) is 0.505. The van der Waals surface area contributed by atoms with Gasteiger partial charge in [0, 0.05) is 11.1 Å². The summed E-state index contributed by atoms with van der Waals surface area (Å²) in [5.74, 6) is -1.51. The van der Waals surface area contributed by atoms with Crippen LogP contribution >= 0.6 is 0 Å². The molecule has 172 valence electrons. The van der Waals surface area contributed by atoms with Crippen LogP contribution in [0.3, 0.4) is 0 Å². The number of alkyl halides is 3. The molecule has 3 nitrogen and oxygen atoms in total. The molecule has 1 aliphatic heterocycles. The summed E-state index contributed by atoms with van der Waals surface area (Å²) in [5, 5.41) is 9.25. The van der Waals surface area contributed by atoms with Crippen LogP contribution in [0.4, 0.5) is 13.2 Å². The van der Waals surface area contributed by atoms with Crippen LogP contribution in [0, 0.1) is 0 Å². The van der Waals surface area contributed by atoms with Gasteiger partial charge in [0.1, 0.15) is 5.75 Å². The zero-order chi connectivity index (χ0) is 24.1. The fourth-order valence-corrected chi connectivity index (χ4v) is 2.86. The number of fused-ring (bicyclic) bond motifs is 1. The SMILES string of the molecule is CC.CC.CCC(C)(C)c1cc(C(C)(C)C)cc2c1OC(C(F)(F)F)C(C(=O)O)=C2. The van der Waals surface area contributed by atoms with Crippen molar-refractivity contribution in [3.05, 3.63) is 34.4 Å². The van der Waals surface area contributed by atoms with E-state index >= 15 is 0 Å². The number of halogens is 3. The van der Waals surface area contributed by atoms with Gasteiger partial charge in [-0.15, -0.1) is 0 Å². The lowest BCUT2D eigenvalue weighted by Crippen LogP contribution is -2.41. The van der Waals surface area contributed by atoms with Crippen molar-refractivity contribution in [1.82, 2.24) is 0 Å². The highest BCUT2D eigenvalue weighted by atomic mass is 19.4. The lowest BCUT2D eigenvalue weighted by atomic mass is 9.76. The first kappa shape index (κ1) is 28.0. The highest BCUT2D eigenvalue weighted by molar-refractivity contribution is 5.95. The number of aliphatic carboxylic acids is 1. The Morgan fingerprint density at radius 1 is 1.03 bits per heavy atom. The number of hydrogen-bond acceptors (Lipinski definition) is 2. The average Bonchev–Trinajstić information content (AvgIpc) is 2.67. The molecular weight excluding hydrogens is 393 g/mol. The van der Waals surface area contributed by atoms with E-state index in [1.165, 1.54) is 0 Å². The number of rotatable bonds is 3. The predicted molar refractivity (Wildman–Crippen MR) is 117 cm³/mol. The van der Waals surface area contributed by atoms with Gasteiger partial charge in [-0.3, -0.25) is 0 Å². The van der Waals surface area contributed by atoms with Crippen LogP contribution < -0.4 is 4.74 Å². The van der Waals surface area contributed by atoms with Crippen LogP contribution in [0.5, 0.6) is 5.75 Å². The summed E-state index contributed by atoms with van der Waals surface area (Å²) in [6, 6.07) is 3.61. The maximum atomic E-state index is 13.4. The van der Waals surface area contributed by atoms with Crippen LogP contribution in [0.15, 0.2) is 17.7 Å². The van der Waals surface area contributed by atoms with Crippen molar-refractivity contribution >= 4 is 12.0 Å². The summed E-state index contributed by atoms with van der Waals surface area (Å²) in [6.45, 7) is 19.8. The third-order valence-electron chi connectivity index (χ3n) is 4.97. The van der Waals surface area contributed by atoms with Crippen molar-refractivity contribution in [2.24, 2.45) is 0 Å². The van der Waals surface area contributed by atoms with Gasteiger partial charge in [0.05, 0.1) is 5.57 Å². The lowest BCUT2D eigenvalue weighted by Gasteiger charge is -2.34. The maximum Gasteiger partial charge on any atom is 0.430 e. The Hall–Kier alpha value is -1.98. The van der Waals surface area contributed by atoms with E-state index in [1.54, 1.807) is 6.07 Å². The van der Waals surface area contributed by atoms with Gasteiger partial charge in [-0.05, 0) is 35.0 Å². The van der Waals surface area contributed by atoms with E-state index in [2.05, 4.69) is 0 Å². The Balaban J connectivity index is 0.00000198. The minimum Gasteiger partial charge on any atom is -0.478 e. The van der Waals surface area contributed by atoms with Gasteiger partial charge >= 0.3 is 12.1 Å². The molecule has 2 rings (SSSR count). The maximum absolute atomic E-state index is 13.4. The Bertz CT molecular complexity index is 754. The van der Waals surface area contributed by atoms with Crippen LogP contribution in [0.25, 0.3) is 6.08 Å². The zero-order valence-electron chi connectivity index (χ0n) is 19.9. The smallest absolute Gasteiger partial charge is 0.430 e. The third-order valence-corrected chi connectivity index (χ3v) is 4.97. The van der Waals surface area contributed by atoms with Gasteiger partial charge in [-0.25, -0.2) is 4.79 Å². The number of carboxylic acid groups (broad SMARTS) is 1. The molecule has 6 heteroatoms. The number of benzene rings is 1. The van der Waals surface area contributed by atoms with E-state index in [4.69, 9.17) is 4.74 Å². The molecule has 0 amide bonds. The third kappa shape index (κ3) is 6.26. The van der Waals surface area contributed by atoms with Crippen molar-refractivity contribution in [1.29, 1.82) is 0 Å². The molecular formula is C24H37F3O3. The molecule has 30 heavy (non-hydrogen) atoms. The van der Waals surface area contributed by atoms with Gasteiger partial charge in [-0.2, -0.15) is 13.2 Å². The summed E-state index contributed by atoms with van der Waals surface area (Å²) in [7, 11) is 0. The number of carbonyl (C=O) groups is 1. The second kappa shape index (κ2) is 10.4. The van der Waals surface area contributed by atoms with Crippen molar-refractivity contribution in [2.45, 2.75) is 98.8 Å². The topological polar surface area (TPSA) is 46.5 Å². The largest absolute Gasteiger partial charge is 0.478 e. The van der Waals surface area contributed by atoms with Crippen LogP contribution in [0.1, 0.15) is 92.3 Å². The quantitative estimate of drug-likeness (QED) is 0.539. The van der Waals surface area contributed by atoms with E-state index in [9.17, 15) is 23.1 Å². The molecule has 0 spiro atoms. The Labute approximate surface area is 179 Å². The van der Waals surface area contributed by atoms with Gasteiger partial charge in [-0.1, -0.05) is 75.3 Å². The van der Waals surface area contributed by atoms with Gasteiger partial charge in [0.15, 0.2) is 0 Å². The standard InChI is InChI=1S/C20H25F3O3.2C2H6/c1-7-19(5,6)14-10-12(18(2,3)4)8-11-9-13(17(24)25)16(20(21,22)23)26-15(11)14;2*1-2/h8-10,16H,7H2,1-6H3,(H,24,25);2*1-2H3. The fraction of sp³-hybridized carbons (Fsp3) is 0.625. The second-order valence-corrected chi connectivity index (χ2v) is 8.37. The van der Waals surface area contributed by atoms with Crippen molar-refractivity contribution in [3.63, 3.8) is 0 Å². The lowest BCUT2D eigenvalue weighted by molar-refractivity contribution is -0.187. The fourth-order valence-electron chi connectivity index (χ4n) is 2.86. The van der Waals surface area contributed by atoms with E-state index in [-0.39, 0.29) is 11.2 Å². The highest BCUT2D eigenvalue weighted by Crippen LogP contribution is 2.45. The molecule has 1 aromatic carbocycles. The molecule has 1 atom stereocenters. The normalized spacial score (nSPS) is 16.0. The molecule has 0 saturated carbocycles. The number of hydrogen-bond donors (Lipinski definition) is 1. The first-order valence-corrected chi connectivity index (χ1v) is 10.6. The van der Waals surface area contributed by atoms with E-state index < -0.39 is 29.2 Å². The second-order valence-electron chi connectivity index (χ2n) is 8.37. The summed E-state index contributed by atoms with van der Waals surface area (Å²) >= 11 is 0. The first-order valence-electron chi connectivity index (χ1n) is 10.6. The van der Waals surface area contributed by atoms with Crippen molar-refractivity contribution < 1.29 is 27.8 Å². The zero-order valence-corrected chi connectivity index (χ0v) is 19.9. The summed E-state index contributed by atoms with van der Waals surface area (Å²) in [6.07, 6.45) is -5.48. The molecule has 1 unspecified atom stereocenters. The van der Waals surface area contributed by atoms with E-state index in [1.807, 2.05) is 75.3 Å². The molecule has 1 N–H and O–H groups in total. The van der Waals surface area contributed by atoms with Crippen LogP contribution in [-0.2, 0) is 15.6 Å². The monoisotopic (exact) mass is 430 g/mol. The molecule has 1 aliphatic rings. The molecule has 0 fully saturated rings. The molecule has 1 heterocycles. The van der Waals surface area contributed by atoms with Crippen LogP contribution in [0.2, 0.25) is 0 Å². The molecule has 0 radical (unpaired) electrons. The minimum atomic E-state index is -4.81. The van der Waals surface area contributed by atoms with E-state index in [0.717, 1.165) is 11.6 Å². The van der Waals surface area contributed by atoms with Crippen LogP contribution in [-0.4, -0.2) is 23.4 Å². The van der Waals surface area contributed by atoms with E-state index in [0.29, 0.717) is 17.5 Å². The Morgan fingerprint density at radius 3 is 1.90 bits per heavy atom. The Kier molecular flexibility index (Phi) is 9.68.